The number of fused-ring (bicyclic) bond motifs is 1. The lowest BCUT2D eigenvalue weighted by atomic mass is 10.0. The third kappa shape index (κ3) is 3.16. The highest BCUT2D eigenvalue weighted by Gasteiger charge is 2.11. The Morgan fingerprint density at radius 3 is 2.23 bits per heavy atom. The van der Waals surface area contributed by atoms with Crippen LogP contribution in [0.15, 0.2) is 72.8 Å². The molecule has 0 radical (unpaired) electrons. The SMILES string of the molecule is Cc1ccc(-c2nnc(NCc3ccccc3)c3ccccc23)cc1C. The molecule has 0 atom stereocenters. The van der Waals surface area contributed by atoms with Crippen LogP contribution in [0.3, 0.4) is 0 Å². The number of aromatic nitrogens is 2. The summed E-state index contributed by atoms with van der Waals surface area (Å²) in [7, 11) is 0. The van der Waals surface area contributed by atoms with Gasteiger partial charge in [-0.3, -0.25) is 0 Å². The van der Waals surface area contributed by atoms with Crippen LogP contribution in [0.2, 0.25) is 0 Å². The lowest BCUT2D eigenvalue weighted by Gasteiger charge is -2.12. The molecule has 1 aromatic heterocycles. The van der Waals surface area contributed by atoms with E-state index in [1.165, 1.54) is 16.7 Å². The first-order valence-electron chi connectivity index (χ1n) is 8.83. The second kappa shape index (κ2) is 6.96. The molecule has 4 aromatic rings. The lowest BCUT2D eigenvalue weighted by Crippen LogP contribution is -2.04. The van der Waals surface area contributed by atoms with Crippen molar-refractivity contribution in [2.75, 3.05) is 5.32 Å². The maximum atomic E-state index is 4.55. The van der Waals surface area contributed by atoms with Crippen molar-refractivity contribution in [2.45, 2.75) is 20.4 Å². The fraction of sp³-hybridized carbons (Fsp3) is 0.130. The molecular weight excluding hydrogens is 318 g/mol. The highest BCUT2D eigenvalue weighted by molar-refractivity contribution is 6.00. The van der Waals surface area contributed by atoms with Gasteiger partial charge in [0.25, 0.3) is 0 Å². The van der Waals surface area contributed by atoms with E-state index in [4.69, 9.17) is 0 Å². The minimum absolute atomic E-state index is 0.725. The van der Waals surface area contributed by atoms with Gasteiger partial charge in [0.1, 0.15) is 5.69 Å². The number of aryl methyl sites for hydroxylation is 2. The van der Waals surface area contributed by atoms with E-state index in [9.17, 15) is 0 Å². The largest absolute Gasteiger partial charge is 0.364 e. The van der Waals surface area contributed by atoms with Crippen molar-refractivity contribution in [3.05, 3.63) is 89.5 Å². The molecule has 0 aliphatic heterocycles. The molecule has 0 saturated carbocycles. The molecule has 0 bridgehead atoms. The molecule has 0 amide bonds. The van der Waals surface area contributed by atoms with Gasteiger partial charge in [-0.2, -0.15) is 0 Å². The van der Waals surface area contributed by atoms with Crippen LogP contribution in [0.5, 0.6) is 0 Å². The Labute approximate surface area is 153 Å². The predicted octanol–water partition coefficient (Wildman–Crippen LogP) is 5.53. The van der Waals surface area contributed by atoms with Crippen LogP contribution in [0, 0.1) is 13.8 Å². The van der Waals surface area contributed by atoms with Gasteiger partial charge in [-0.25, -0.2) is 0 Å². The van der Waals surface area contributed by atoms with Crippen LogP contribution in [0.25, 0.3) is 22.0 Å². The maximum Gasteiger partial charge on any atom is 0.156 e. The fourth-order valence-corrected chi connectivity index (χ4v) is 3.12. The summed E-state index contributed by atoms with van der Waals surface area (Å²) in [6.45, 7) is 4.98. The van der Waals surface area contributed by atoms with Crippen LogP contribution in [-0.2, 0) is 6.54 Å². The Bertz CT molecular complexity index is 1060. The van der Waals surface area contributed by atoms with Crippen molar-refractivity contribution in [1.29, 1.82) is 0 Å². The summed E-state index contributed by atoms with van der Waals surface area (Å²) < 4.78 is 0. The van der Waals surface area contributed by atoms with Crippen molar-refractivity contribution in [2.24, 2.45) is 0 Å². The molecule has 3 aromatic carbocycles. The third-order valence-corrected chi connectivity index (χ3v) is 4.77. The number of benzene rings is 3. The van der Waals surface area contributed by atoms with E-state index < -0.39 is 0 Å². The van der Waals surface area contributed by atoms with Gasteiger partial charge in [0, 0.05) is 22.9 Å². The van der Waals surface area contributed by atoms with Crippen LogP contribution in [-0.4, -0.2) is 10.2 Å². The molecule has 0 saturated heterocycles. The standard InChI is InChI=1S/C23H21N3/c1-16-12-13-19(14-17(16)2)22-20-10-6-7-11-21(20)23(26-25-22)24-15-18-8-4-3-5-9-18/h3-14H,15H2,1-2H3,(H,24,26). The molecule has 4 rings (SSSR count). The van der Waals surface area contributed by atoms with Gasteiger partial charge in [-0.05, 0) is 36.6 Å². The number of nitrogens with zero attached hydrogens (tertiary/aromatic N) is 2. The van der Waals surface area contributed by atoms with E-state index >= 15 is 0 Å². The first-order chi connectivity index (χ1) is 12.7. The van der Waals surface area contributed by atoms with Crippen LogP contribution in [0.4, 0.5) is 5.82 Å². The summed E-state index contributed by atoms with van der Waals surface area (Å²) in [5.74, 6) is 0.817. The maximum absolute atomic E-state index is 4.55. The quantitative estimate of drug-likeness (QED) is 0.531. The van der Waals surface area contributed by atoms with Crippen molar-refractivity contribution in [1.82, 2.24) is 10.2 Å². The van der Waals surface area contributed by atoms with Crippen LogP contribution in [0.1, 0.15) is 16.7 Å². The van der Waals surface area contributed by atoms with E-state index in [1.54, 1.807) is 0 Å². The minimum Gasteiger partial charge on any atom is -0.364 e. The van der Waals surface area contributed by atoms with E-state index in [0.717, 1.165) is 34.4 Å². The molecule has 0 spiro atoms. The Kier molecular flexibility index (Phi) is 4.36. The van der Waals surface area contributed by atoms with Gasteiger partial charge in [-0.15, -0.1) is 10.2 Å². The zero-order valence-electron chi connectivity index (χ0n) is 15.0. The molecule has 0 aliphatic carbocycles. The average Bonchev–Trinajstić information content (AvgIpc) is 2.69. The summed E-state index contributed by atoms with van der Waals surface area (Å²) in [6, 6.07) is 25.1. The normalized spacial score (nSPS) is 10.8. The van der Waals surface area contributed by atoms with Gasteiger partial charge >= 0.3 is 0 Å². The van der Waals surface area contributed by atoms with Crippen molar-refractivity contribution < 1.29 is 0 Å². The molecular formula is C23H21N3. The Morgan fingerprint density at radius 2 is 1.46 bits per heavy atom. The van der Waals surface area contributed by atoms with E-state index in [2.05, 4.69) is 77.9 Å². The minimum atomic E-state index is 0.725. The number of rotatable bonds is 4. The predicted molar refractivity (Wildman–Crippen MR) is 108 cm³/mol. The Hall–Kier alpha value is -3.20. The molecule has 26 heavy (non-hydrogen) atoms. The third-order valence-electron chi connectivity index (χ3n) is 4.77. The number of nitrogens with one attached hydrogen (secondary N) is 1. The van der Waals surface area contributed by atoms with E-state index in [-0.39, 0.29) is 0 Å². The van der Waals surface area contributed by atoms with Gasteiger partial charge in [-0.1, -0.05) is 66.7 Å². The molecule has 0 unspecified atom stereocenters. The van der Waals surface area contributed by atoms with Crippen molar-refractivity contribution in [3.8, 4) is 11.3 Å². The molecule has 0 fully saturated rings. The summed E-state index contributed by atoms with van der Waals surface area (Å²) >= 11 is 0. The van der Waals surface area contributed by atoms with Gasteiger partial charge in [0.2, 0.25) is 0 Å². The molecule has 128 valence electrons. The zero-order chi connectivity index (χ0) is 17.9. The summed E-state index contributed by atoms with van der Waals surface area (Å²) in [5, 5.41) is 14.7. The van der Waals surface area contributed by atoms with E-state index in [1.807, 2.05) is 24.3 Å². The topological polar surface area (TPSA) is 37.8 Å². The monoisotopic (exact) mass is 339 g/mol. The molecule has 3 heteroatoms. The molecule has 0 aliphatic rings. The summed E-state index contributed by atoms with van der Waals surface area (Å²) in [6.07, 6.45) is 0. The van der Waals surface area contributed by atoms with E-state index in [0.29, 0.717) is 0 Å². The van der Waals surface area contributed by atoms with Gasteiger partial charge < -0.3 is 5.32 Å². The number of hydrogen-bond donors (Lipinski definition) is 1. The average molecular weight is 339 g/mol. The summed E-state index contributed by atoms with van der Waals surface area (Å²) in [5.41, 5.74) is 5.80. The Morgan fingerprint density at radius 1 is 0.731 bits per heavy atom. The molecule has 1 heterocycles. The molecule has 1 N–H and O–H groups in total. The van der Waals surface area contributed by atoms with Gasteiger partial charge in [0.15, 0.2) is 5.82 Å². The number of hydrogen-bond acceptors (Lipinski definition) is 3. The first kappa shape index (κ1) is 16.3. The smallest absolute Gasteiger partial charge is 0.156 e. The van der Waals surface area contributed by atoms with Crippen LogP contribution < -0.4 is 5.32 Å². The number of anilines is 1. The first-order valence-corrected chi connectivity index (χ1v) is 8.83. The lowest BCUT2D eigenvalue weighted by molar-refractivity contribution is 1.02. The summed E-state index contributed by atoms with van der Waals surface area (Å²) in [4.78, 5) is 0. The van der Waals surface area contributed by atoms with Gasteiger partial charge in [0.05, 0.1) is 0 Å². The second-order valence-corrected chi connectivity index (χ2v) is 6.58. The Balaban J connectivity index is 1.74. The molecule has 3 nitrogen and oxygen atoms in total. The van der Waals surface area contributed by atoms with Crippen LogP contribution >= 0.6 is 0 Å². The highest BCUT2D eigenvalue weighted by Crippen LogP contribution is 2.30. The van der Waals surface area contributed by atoms with Crippen molar-refractivity contribution >= 4 is 16.6 Å². The van der Waals surface area contributed by atoms with Crippen molar-refractivity contribution in [3.63, 3.8) is 0 Å². The fourth-order valence-electron chi connectivity index (χ4n) is 3.12. The second-order valence-electron chi connectivity index (χ2n) is 6.58. The highest BCUT2D eigenvalue weighted by atomic mass is 15.2. The zero-order valence-corrected chi connectivity index (χ0v) is 15.0.